The zero-order valence-electron chi connectivity index (χ0n) is 16.3. The minimum Gasteiger partial charge on any atom is -0.384 e. The van der Waals surface area contributed by atoms with Gasteiger partial charge in [-0.3, -0.25) is 0 Å². The number of nitrogens with two attached hydrogens (primary N) is 1. The maximum atomic E-state index is 12.1. The third-order valence-corrected chi connectivity index (χ3v) is 6.45. The van der Waals surface area contributed by atoms with E-state index in [-0.39, 0.29) is 10.8 Å². The van der Waals surface area contributed by atoms with Crippen LogP contribution >= 0.6 is 0 Å². The van der Waals surface area contributed by atoms with Gasteiger partial charge in [0.15, 0.2) is 0 Å². The lowest BCUT2D eigenvalue weighted by Gasteiger charge is -2.24. The van der Waals surface area contributed by atoms with Gasteiger partial charge in [0, 0.05) is 35.2 Å². The summed E-state index contributed by atoms with van der Waals surface area (Å²) in [6.07, 6.45) is 2.82. The molecular formula is C21H27N3O2S. The quantitative estimate of drug-likeness (QED) is 0.589. The van der Waals surface area contributed by atoms with Crippen molar-refractivity contribution in [1.29, 1.82) is 0 Å². The van der Waals surface area contributed by atoms with Crippen molar-refractivity contribution in [1.82, 2.24) is 4.98 Å². The second kappa shape index (κ2) is 7.37. The average molecular weight is 386 g/mol. The van der Waals surface area contributed by atoms with Crippen LogP contribution in [0, 0.1) is 20.8 Å². The molecule has 144 valence electrons. The first kappa shape index (κ1) is 19.5. The summed E-state index contributed by atoms with van der Waals surface area (Å²) >= 11 is 0. The minimum atomic E-state index is -3.75. The molecule has 1 heterocycles. The van der Waals surface area contributed by atoms with Crippen molar-refractivity contribution in [3.63, 3.8) is 0 Å². The van der Waals surface area contributed by atoms with Crippen molar-refractivity contribution in [2.24, 2.45) is 5.14 Å². The number of fused-ring (bicyclic) bond motifs is 1. The first-order chi connectivity index (χ1) is 12.7. The Morgan fingerprint density at radius 1 is 1.11 bits per heavy atom. The molecule has 0 saturated heterocycles. The first-order valence-corrected chi connectivity index (χ1v) is 10.7. The van der Waals surface area contributed by atoms with E-state index in [0.29, 0.717) is 5.56 Å². The molecule has 4 N–H and O–H groups in total. The van der Waals surface area contributed by atoms with Crippen molar-refractivity contribution >= 4 is 26.6 Å². The monoisotopic (exact) mass is 385 g/mol. The molecule has 27 heavy (non-hydrogen) atoms. The van der Waals surface area contributed by atoms with Crippen LogP contribution in [0.4, 0.5) is 5.69 Å². The summed E-state index contributed by atoms with van der Waals surface area (Å²) in [5.41, 5.74) is 5.81. The number of aromatic amines is 1. The fraction of sp³-hybridized carbons (Fsp3) is 0.333. The normalized spacial score (nSPS) is 13.1. The van der Waals surface area contributed by atoms with Gasteiger partial charge in [-0.05, 0) is 73.7 Å². The molecule has 6 heteroatoms. The number of sulfonamides is 1. The lowest BCUT2D eigenvalue weighted by molar-refractivity contribution is 0.595. The Kier molecular flexibility index (Phi) is 5.31. The summed E-state index contributed by atoms with van der Waals surface area (Å²) in [4.78, 5) is 3.45. The number of anilines is 1. The predicted molar refractivity (Wildman–Crippen MR) is 112 cm³/mol. The first-order valence-electron chi connectivity index (χ1n) is 9.17. The van der Waals surface area contributed by atoms with Gasteiger partial charge in [0.1, 0.15) is 0 Å². The molecular weight excluding hydrogens is 358 g/mol. The molecule has 0 aliphatic heterocycles. The smallest absolute Gasteiger partial charge is 0.238 e. The fourth-order valence-electron chi connectivity index (χ4n) is 4.10. The molecule has 0 amide bonds. The summed E-state index contributed by atoms with van der Waals surface area (Å²) in [5, 5.41) is 10.1. The molecule has 3 rings (SSSR count). The van der Waals surface area contributed by atoms with Crippen LogP contribution in [0.15, 0.2) is 41.4 Å². The molecule has 2 aromatic carbocycles. The summed E-state index contributed by atoms with van der Waals surface area (Å²) in [6.45, 7) is 8.55. The van der Waals surface area contributed by atoms with E-state index in [1.165, 1.54) is 0 Å². The molecule has 1 atom stereocenters. The molecule has 0 aliphatic carbocycles. The Balaban J connectivity index is 1.93. The Labute approximate surface area is 161 Å². The van der Waals surface area contributed by atoms with E-state index in [2.05, 4.69) is 35.4 Å². The Hall–Kier alpha value is -2.31. The van der Waals surface area contributed by atoms with Crippen LogP contribution in [0.25, 0.3) is 10.9 Å². The van der Waals surface area contributed by atoms with Crippen molar-refractivity contribution in [3.8, 4) is 0 Å². The van der Waals surface area contributed by atoms with E-state index in [0.717, 1.165) is 46.2 Å². The van der Waals surface area contributed by atoms with E-state index in [1.807, 2.05) is 32.2 Å². The molecule has 0 bridgehead atoms. The van der Waals surface area contributed by atoms with Crippen LogP contribution in [0.1, 0.15) is 41.5 Å². The number of benzene rings is 2. The van der Waals surface area contributed by atoms with Gasteiger partial charge in [-0.25, -0.2) is 13.6 Å². The molecule has 0 aliphatic rings. The molecule has 0 fully saturated rings. The van der Waals surface area contributed by atoms with Gasteiger partial charge in [0.25, 0.3) is 0 Å². The maximum absolute atomic E-state index is 12.1. The van der Waals surface area contributed by atoms with Crippen molar-refractivity contribution in [2.75, 3.05) is 11.9 Å². The van der Waals surface area contributed by atoms with Gasteiger partial charge < -0.3 is 10.3 Å². The highest BCUT2D eigenvalue weighted by Crippen LogP contribution is 2.33. The van der Waals surface area contributed by atoms with E-state index in [9.17, 15) is 8.42 Å². The SMILES string of the molecule is CC[C@H](CNc1ccc2[nH]ccc2c1)c1c(C)cc(C)c(S(N)(=O)=O)c1C. The van der Waals surface area contributed by atoms with E-state index in [1.54, 1.807) is 6.92 Å². The third kappa shape index (κ3) is 3.87. The zero-order chi connectivity index (χ0) is 19.8. The van der Waals surface area contributed by atoms with Gasteiger partial charge in [-0.2, -0.15) is 0 Å². The highest BCUT2D eigenvalue weighted by Gasteiger charge is 2.23. The second-order valence-corrected chi connectivity index (χ2v) is 8.69. The Morgan fingerprint density at radius 2 is 1.85 bits per heavy atom. The van der Waals surface area contributed by atoms with Gasteiger partial charge in [-0.1, -0.05) is 13.0 Å². The number of nitrogens with one attached hydrogen (secondary N) is 2. The number of primary sulfonamides is 1. The second-order valence-electron chi connectivity index (χ2n) is 7.19. The van der Waals surface area contributed by atoms with E-state index in [4.69, 9.17) is 5.14 Å². The minimum absolute atomic E-state index is 0.188. The molecule has 0 saturated carbocycles. The molecule has 3 aromatic rings. The molecule has 1 aromatic heterocycles. The lowest BCUT2D eigenvalue weighted by atomic mass is 9.87. The number of H-pyrrole nitrogens is 1. The standard InChI is InChI=1S/C21H27N3O2S/c1-5-16(12-24-18-6-7-19-17(11-18)8-9-23-19)20-13(2)10-14(3)21(15(20)4)27(22,25)26/h6-11,16,23-24H,5,12H2,1-4H3,(H2,22,25,26)/t16-/m1/s1. The van der Waals surface area contributed by atoms with Crippen LogP contribution in [-0.4, -0.2) is 19.9 Å². The summed E-state index contributed by atoms with van der Waals surface area (Å²) < 4.78 is 24.2. The average Bonchev–Trinajstić information content (AvgIpc) is 3.03. The Bertz CT molecular complexity index is 1080. The summed E-state index contributed by atoms with van der Waals surface area (Å²) in [5.74, 6) is 0.188. The van der Waals surface area contributed by atoms with Gasteiger partial charge in [0.05, 0.1) is 4.90 Å². The maximum Gasteiger partial charge on any atom is 0.238 e. The van der Waals surface area contributed by atoms with Gasteiger partial charge in [-0.15, -0.1) is 0 Å². The van der Waals surface area contributed by atoms with Crippen molar-refractivity contribution in [3.05, 3.63) is 58.8 Å². The molecule has 0 spiro atoms. The number of aromatic nitrogens is 1. The lowest BCUT2D eigenvalue weighted by Crippen LogP contribution is -2.20. The van der Waals surface area contributed by atoms with Crippen molar-refractivity contribution < 1.29 is 8.42 Å². The van der Waals surface area contributed by atoms with Crippen LogP contribution < -0.4 is 10.5 Å². The zero-order valence-corrected chi connectivity index (χ0v) is 17.1. The highest BCUT2D eigenvalue weighted by molar-refractivity contribution is 7.89. The molecule has 0 radical (unpaired) electrons. The van der Waals surface area contributed by atoms with Crippen LogP contribution in [0.2, 0.25) is 0 Å². The van der Waals surface area contributed by atoms with Crippen LogP contribution in [0.3, 0.4) is 0 Å². The highest BCUT2D eigenvalue weighted by atomic mass is 32.2. The summed E-state index contributed by atoms with van der Waals surface area (Å²) in [6, 6.07) is 10.2. The summed E-state index contributed by atoms with van der Waals surface area (Å²) in [7, 11) is -3.75. The van der Waals surface area contributed by atoms with E-state index >= 15 is 0 Å². The third-order valence-electron chi connectivity index (χ3n) is 5.25. The predicted octanol–water partition coefficient (Wildman–Crippen LogP) is 4.35. The number of hydrogen-bond acceptors (Lipinski definition) is 3. The number of hydrogen-bond donors (Lipinski definition) is 3. The van der Waals surface area contributed by atoms with Crippen molar-refractivity contribution in [2.45, 2.75) is 44.9 Å². The fourth-order valence-corrected chi connectivity index (χ4v) is 5.15. The topological polar surface area (TPSA) is 88.0 Å². The molecule has 0 unspecified atom stereocenters. The Morgan fingerprint density at radius 3 is 2.52 bits per heavy atom. The molecule has 5 nitrogen and oxygen atoms in total. The van der Waals surface area contributed by atoms with Gasteiger partial charge >= 0.3 is 0 Å². The largest absolute Gasteiger partial charge is 0.384 e. The van der Waals surface area contributed by atoms with Gasteiger partial charge in [0.2, 0.25) is 10.0 Å². The number of rotatable bonds is 6. The van der Waals surface area contributed by atoms with Crippen LogP contribution in [-0.2, 0) is 10.0 Å². The van der Waals surface area contributed by atoms with E-state index < -0.39 is 10.0 Å². The van der Waals surface area contributed by atoms with Crippen LogP contribution in [0.5, 0.6) is 0 Å². The number of aryl methyl sites for hydroxylation is 2.